The molecule has 2 aliphatic heterocycles. The highest BCUT2D eigenvalue weighted by Crippen LogP contribution is 2.35. The first-order valence-electron chi connectivity index (χ1n) is 9.12. The van der Waals surface area contributed by atoms with Gasteiger partial charge in [-0.1, -0.05) is 41.6 Å². The molecule has 0 bridgehead atoms. The third kappa shape index (κ3) is 3.07. The van der Waals surface area contributed by atoms with Crippen LogP contribution in [-0.4, -0.2) is 54.7 Å². The number of aliphatic hydroxyl groups is 1. The average Bonchev–Trinajstić information content (AvgIpc) is 3.27. The summed E-state index contributed by atoms with van der Waals surface area (Å²) < 4.78 is 10.6. The topological polar surface area (TPSA) is 80.6 Å². The summed E-state index contributed by atoms with van der Waals surface area (Å²) in [6.45, 7) is 0.369. The Kier molecular flexibility index (Phi) is 4.92. The quantitative estimate of drug-likeness (QED) is 0.824. The number of ether oxygens (including phenoxy) is 2. The maximum atomic E-state index is 13.0. The van der Waals surface area contributed by atoms with Crippen LogP contribution < -0.4 is 9.47 Å². The molecule has 0 aliphatic carbocycles. The number of oxime groups is 1. The molecule has 3 atom stereocenters. The summed E-state index contributed by atoms with van der Waals surface area (Å²) in [4.78, 5) is 19.9. The molecule has 2 heterocycles. The Labute approximate surface area is 163 Å². The van der Waals surface area contributed by atoms with E-state index in [0.29, 0.717) is 30.2 Å². The van der Waals surface area contributed by atoms with E-state index in [1.807, 2.05) is 48.5 Å². The van der Waals surface area contributed by atoms with Crippen molar-refractivity contribution >= 4 is 11.6 Å². The van der Waals surface area contributed by atoms with Gasteiger partial charge in [-0.05, 0) is 24.1 Å². The van der Waals surface area contributed by atoms with Crippen LogP contribution in [0.2, 0.25) is 0 Å². The Balaban J connectivity index is 1.48. The van der Waals surface area contributed by atoms with Crippen LogP contribution in [0.25, 0.3) is 0 Å². The van der Waals surface area contributed by atoms with Crippen molar-refractivity contribution in [3.8, 4) is 11.5 Å². The summed E-state index contributed by atoms with van der Waals surface area (Å²) in [6, 6.07) is 15.1. The lowest BCUT2D eigenvalue weighted by molar-refractivity contribution is -0.135. The van der Waals surface area contributed by atoms with Gasteiger partial charge in [0, 0.05) is 12.1 Å². The van der Waals surface area contributed by atoms with E-state index < -0.39 is 18.2 Å². The first-order valence-corrected chi connectivity index (χ1v) is 9.12. The lowest BCUT2D eigenvalue weighted by Gasteiger charge is -2.22. The summed E-state index contributed by atoms with van der Waals surface area (Å²) in [6.07, 6.45) is -1.13. The average molecular weight is 382 g/mol. The number of likely N-dealkylation sites (tertiary alicyclic amines) is 1. The molecule has 7 nitrogen and oxygen atoms in total. The normalized spacial score (nSPS) is 23.2. The highest BCUT2D eigenvalue weighted by molar-refractivity contribution is 6.15. The van der Waals surface area contributed by atoms with Crippen molar-refractivity contribution in [2.24, 2.45) is 11.1 Å². The second-order valence-electron chi connectivity index (χ2n) is 6.77. The van der Waals surface area contributed by atoms with E-state index in [2.05, 4.69) is 5.16 Å². The number of carbonyl (C=O) groups excluding carboxylic acids is 1. The SMILES string of the molecule is COc1ccc(CCN2C(=O)[C@@H]3C(c4ccccc4)=NO[C@@H]3[C@@H]2O)cc1OC. The number of carbonyl (C=O) groups is 1. The lowest BCUT2D eigenvalue weighted by atomic mass is 9.94. The molecule has 1 saturated heterocycles. The van der Waals surface area contributed by atoms with Gasteiger partial charge >= 0.3 is 0 Å². The maximum absolute atomic E-state index is 13.0. The van der Waals surface area contributed by atoms with Gasteiger partial charge in [-0.15, -0.1) is 0 Å². The summed E-state index contributed by atoms with van der Waals surface area (Å²) in [5.41, 5.74) is 2.38. The Morgan fingerprint density at radius 3 is 2.57 bits per heavy atom. The molecule has 7 heteroatoms. The number of hydrogen-bond donors (Lipinski definition) is 1. The van der Waals surface area contributed by atoms with Gasteiger partial charge in [-0.3, -0.25) is 4.79 Å². The summed E-state index contributed by atoms with van der Waals surface area (Å²) in [5, 5.41) is 14.7. The van der Waals surface area contributed by atoms with Crippen LogP contribution >= 0.6 is 0 Å². The van der Waals surface area contributed by atoms with Crippen molar-refractivity contribution in [1.82, 2.24) is 4.90 Å². The minimum absolute atomic E-state index is 0.168. The largest absolute Gasteiger partial charge is 0.493 e. The molecule has 0 saturated carbocycles. The van der Waals surface area contributed by atoms with Crippen molar-refractivity contribution in [3.05, 3.63) is 59.7 Å². The molecule has 0 aromatic heterocycles. The zero-order valence-corrected chi connectivity index (χ0v) is 15.7. The molecular formula is C21H22N2O5. The van der Waals surface area contributed by atoms with Crippen molar-refractivity contribution in [2.45, 2.75) is 18.8 Å². The molecule has 0 spiro atoms. The Hall–Kier alpha value is -3.06. The van der Waals surface area contributed by atoms with Gasteiger partial charge in [0.25, 0.3) is 0 Å². The third-order valence-electron chi connectivity index (χ3n) is 5.22. The smallest absolute Gasteiger partial charge is 0.238 e. The molecule has 0 unspecified atom stereocenters. The first-order chi connectivity index (χ1) is 13.6. The summed E-state index contributed by atoms with van der Waals surface area (Å²) >= 11 is 0. The molecule has 2 aromatic rings. The minimum Gasteiger partial charge on any atom is -0.493 e. The third-order valence-corrected chi connectivity index (χ3v) is 5.22. The summed E-state index contributed by atoms with van der Waals surface area (Å²) in [7, 11) is 3.17. The predicted octanol–water partition coefficient (Wildman–Crippen LogP) is 1.83. The van der Waals surface area contributed by atoms with E-state index in [-0.39, 0.29) is 5.91 Å². The van der Waals surface area contributed by atoms with Crippen molar-refractivity contribution in [2.75, 3.05) is 20.8 Å². The second kappa shape index (κ2) is 7.52. The molecule has 2 aromatic carbocycles. The molecule has 1 amide bonds. The van der Waals surface area contributed by atoms with Crippen LogP contribution in [0.3, 0.4) is 0 Å². The van der Waals surface area contributed by atoms with Gasteiger partial charge in [0.1, 0.15) is 11.6 Å². The Morgan fingerprint density at radius 1 is 1.11 bits per heavy atom. The van der Waals surface area contributed by atoms with Crippen molar-refractivity contribution in [1.29, 1.82) is 0 Å². The molecule has 28 heavy (non-hydrogen) atoms. The van der Waals surface area contributed by atoms with Crippen LogP contribution in [0.1, 0.15) is 11.1 Å². The molecule has 2 aliphatic rings. The standard InChI is InChI=1S/C21H22N2O5/c1-26-15-9-8-13(12-16(15)27-2)10-11-23-20(24)17-18(14-6-4-3-5-7-14)22-28-19(17)21(23)25/h3-9,12,17,19,21,25H,10-11H2,1-2H3/t17-,19+,21+/m1/s1. The van der Waals surface area contributed by atoms with E-state index in [9.17, 15) is 9.90 Å². The highest BCUT2D eigenvalue weighted by Gasteiger charge is 2.54. The molecule has 146 valence electrons. The monoisotopic (exact) mass is 382 g/mol. The molecular weight excluding hydrogens is 360 g/mol. The highest BCUT2D eigenvalue weighted by atomic mass is 16.7. The molecule has 4 rings (SSSR count). The first kappa shape index (κ1) is 18.3. The van der Waals surface area contributed by atoms with E-state index in [4.69, 9.17) is 14.3 Å². The van der Waals surface area contributed by atoms with Gasteiger partial charge in [0.2, 0.25) is 5.91 Å². The number of benzene rings is 2. The van der Waals surface area contributed by atoms with Gasteiger partial charge < -0.3 is 24.3 Å². The molecule has 0 radical (unpaired) electrons. The van der Waals surface area contributed by atoms with Gasteiger partial charge in [0.15, 0.2) is 23.8 Å². The van der Waals surface area contributed by atoms with Crippen LogP contribution in [-0.2, 0) is 16.1 Å². The number of aliphatic hydroxyl groups excluding tert-OH is 1. The number of hydrogen-bond acceptors (Lipinski definition) is 6. The fourth-order valence-electron chi connectivity index (χ4n) is 3.73. The minimum atomic E-state index is -1.03. The van der Waals surface area contributed by atoms with Gasteiger partial charge in [-0.25, -0.2) is 0 Å². The molecule has 1 N–H and O–H groups in total. The number of rotatable bonds is 6. The van der Waals surface area contributed by atoms with Crippen LogP contribution in [0.4, 0.5) is 0 Å². The second-order valence-corrected chi connectivity index (χ2v) is 6.77. The Morgan fingerprint density at radius 2 is 1.86 bits per heavy atom. The van der Waals surface area contributed by atoms with E-state index in [1.165, 1.54) is 4.90 Å². The van der Waals surface area contributed by atoms with E-state index >= 15 is 0 Å². The van der Waals surface area contributed by atoms with Crippen LogP contribution in [0.5, 0.6) is 11.5 Å². The fourth-order valence-corrected chi connectivity index (χ4v) is 3.73. The summed E-state index contributed by atoms with van der Waals surface area (Å²) in [5.74, 6) is 0.531. The zero-order valence-electron chi connectivity index (χ0n) is 15.7. The maximum Gasteiger partial charge on any atom is 0.238 e. The van der Waals surface area contributed by atoms with E-state index in [1.54, 1.807) is 14.2 Å². The lowest BCUT2D eigenvalue weighted by Crippen LogP contribution is -2.38. The zero-order chi connectivity index (χ0) is 19.7. The van der Waals surface area contributed by atoms with Gasteiger partial charge in [-0.2, -0.15) is 0 Å². The number of fused-ring (bicyclic) bond motifs is 1. The predicted molar refractivity (Wildman–Crippen MR) is 102 cm³/mol. The Bertz CT molecular complexity index is 899. The number of amides is 1. The van der Waals surface area contributed by atoms with Crippen LogP contribution in [0, 0.1) is 5.92 Å². The van der Waals surface area contributed by atoms with Crippen LogP contribution in [0.15, 0.2) is 53.7 Å². The van der Waals surface area contributed by atoms with Gasteiger partial charge in [0.05, 0.1) is 14.2 Å². The van der Waals surface area contributed by atoms with E-state index in [0.717, 1.165) is 11.1 Å². The molecule has 1 fully saturated rings. The number of methoxy groups -OCH3 is 2. The van der Waals surface area contributed by atoms with Crippen molar-refractivity contribution < 1.29 is 24.2 Å². The fraction of sp³-hybridized carbons (Fsp3) is 0.333. The number of nitrogens with zero attached hydrogens (tertiary/aromatic N) is 2. The van der Waals surface area contributed by atoms with Crippen molar-refractivity contribution in [3.63, 3.8) is 0 Å².